The summed E-state index contributed by atoms with van der Waals surface area (Å²) in [4.78, 5) is 0. The molecule has 0 unspecified atom stereocenters. The van der Waals surface area contributed by atoms with Gasteiger partial charge in [0.1, 0.15) is 5.52 Å². The van der Waals surface area contributed by atoms with E-state index in [1.54, 1.807) is 0 Å². The van der Waals surface area contributed by atoms with Gasteiger partial charge in [-0.15, -0.1) is 5.10 Å². The normalized spacial score (nSPS) is 13.5. The third kappa shape index (κ3) is 2.84. The lowest BCUT2D eigenvalue weighted by atomic mass is 9.67. The lowest BCUT2D eigenvalue weighted by molar-refractivity contribution is 0.769. The summed E-state index contributed by atoms with van der Waals surface area (Å²) in [6.07, 6.45) is 0. The quantitative estimate of drug-likeness (QED) is 0.254. The Morgan fingerprint density at radius 2 is 1.18 bits per heavy atom. The number of benzene rings is 6. The SMILES string of the molecule is c1ccc(C2(c3ccccc3)c3ccccc3-c3cc4ccc(-n5nnc6ccccc65)cc4cc32)cc1. The molecular formula is C35H23N3. The molecule has 0 spiro atoms. The van der Waals surface area contributed by atoms with Crippen LogP contribution in [0.5, 0.6) is 0 Å². The van der Waals surface area contributed by atoms with Gasteiger partial charge in [-0.05, 0) is 80.6 Å². The van der Waals surface area contributed by atoms with Crippen LogP contribution < -0.4 is 0 Å². The van der Waals surface area contributed by atoms with E-state index in [-0.39, 0.29) is 0 Å². The minimum atomic E-state index is -0.404. The number of aromatic nitrogens is 3. The Kier molecular flexibility index (Phi) is 4.44. The van der Waals surface area contributed by atoms with Gasteiger partial charge in [0, 0.05) is 0 Å². The highest BCUT2D eigenvalue weighted by molar-refractivity contribution is 5.96. The zero-order valence-electron chi connectivity index (χ0n) is 20.6. The van der Waals surface area contributed by atoms with Gasteiger partial charge in [-0.25, -0.2) is 4.68 Å². The molecule has 1 aromatic heterocycles. The van der Waals surface area contributed by atoms with Crippen molar-refractivity contribution in [3.8, 4) is 16.8 Å². The highest BCUT2D eigenvalue weighted by Crippen LogP contribution is 2.56. The Balaban J connectivity index is 1.45. The predicted molar refractivity (Wildman–Crippen MR) is 154 cm³/mol. The van der Waals surface area contributed by atoms with E-state index >= 15 is 0 Å². The third-order valence-corrected chi connectivity index (χ3v) is 8.00. The average Bonchev–Trinajstić information content (AvgIpc) is 3.54. The minimum Gasteiger partial charge on any atom is -0.213 e. The summed E-state index contributed by atoms with van der Waals surface area (Å²) >= 11 is 0. The second-order valence-electron chi connectivity index (χ2n) is 9.95. The maximum absolute atomic E-state index is 4.47. The van der Waals surface area contributed by atoms with Crippen LogP contribution in [0.15, 0.2) is 140 Å². The topological polar surface area (TPSA) is 30.7 Å². The summed E-state index contributed by atoms with van der Waals surface area (Å²) < 4.78 is 1.93. The Bertz CT molecular complexity index is 1930. The van der Waals surface area contributed by atoms with Gasteiger partial charge >= 0.3 is 0 Å². The molecule has 1 heterocycles. The van der Waals surface area contributed by atoms with Crippen LogP contribution in [0.25, 0.3) is 38.6 Å². The van der Waals surface area contributed by atoms with Crippen LogP contribution in [0.3, 0.4) is 0 Å². The van der Waals surface area contributed by atoms with Crippen LogP contribution in [0.4, 0.5) is 0 Å². The third-order valence-electron chi connectivity index (χ3n) is 8.00. The van der Waals surface area contributed by atoms with Crippen molar-refractivity contribution in [2.45, 2.75) is 5.41 Å². The molecule has 0 N–H and O–H groups in total. The lowest BCUT2D eigenvalue weighted by Gasteiger charge is -2.34. The fourth-order valence-electron chi connectivity index (χ4n) is 6.36. The van der Waals surface area contributed by atoms with Crippen LogP contribution in [-0.4, -0.2) is 15.0 Å². The van der Waals surface area contributed by atoms with Gasteiger partial charge < -0.3 is 0 Å². The highest BCUT2D eigenvalue weighted by atomic mass is 15.4. The number of para-hydroxylation sites is 1. The van der Waals surface area contributed by atoms with Crippen molar-refractivity contribution < 1.29 is 0 Å². The molecule has 3 nitrogen and oxygen atoms in total. The number of nitrogens with zero attached hydrogens (tertiary/aromatic N) is 3. The Labute approximate surface area is 220 Å². The minimum absolute atomic E-state index is 0.404. The molecule has 1 aliphatic carbocycles. The number of hydrogen-bond donors (Lipinski definition) is 0. The monoisotopic (exact) mass is 485 g/mol. The van der Waals surface area contributed by atoms with Crippen molar-refractivity contribution in [1.82, 2.24) is 15.0 Å². The smallest absolute Gasteiger partial charge is 0.113 e. The molecule has 0 saturated heterocycles. The van der Waals surface area contributed by atoms with Crippen molar-refractivity contribution >= 4 is 21.8 Å². The molecule has 0 aliphatic heterocycles. The van der Waals surface area contributed by atoms with Crippen molar-refractivity contribution in [2.75, 3.05) is 0 Å². The van der Waals surface area contributed by atoms with Gasteiger partial charge in [-0.2, -0.15) is 0 Å². The van der Waals surface area contributed by atoms with Crippen LogP contribution >= 0.6 is 0 Å². The second-order valence-corrected chi connectivity index (χ2v) is 9.95. The first-order valence-electron chi connectivity index (χ1n) is 12.9. The summed E-state index contributed by atoms with van der Waals surface area (Å²) in [7, 11) is 0. The number of fused-ring (bicyclic) bond motifs is 5. The molecule has 6 aromatic carbocycles. The fourth-order valence-corrected chi connectivity index (χ4v) is 6.36. The molecular weight excluding hydrogens is 462 g/mol. The number of hydrogen-bond acceptors (Lipinski definition) is 2. The van der Waals surface area contributed by atoms with Crippen molar-refractivity contribution in [3.05, 3.63) is 162 Å². The Morgan fingerprint density at radius 1 is 0.500 bits per heavy atom. The number of rotatable bonds is 3. The largest absolute Gasteiger partial charge is 0.213 e. The van der Waals surface area contributed by atoms with E-state index in [4.69, 9.17) is 0 Å². The standard InChI is InChI=1S/C35H23N3/c1-3-11-26(12-4-1)35(27-13-5-2-6-14-27)31-16-8-7-15-29(31)30-22-24-19-20-28(21-25(24)23-32(30)35)38-34-18-10-9-17-33(34)36-37-38/h1-23H. The molecule has 0 atom stereocenters. The van der Waals surface area contributed by atoms with Crippen LogP contribution in [0.1, 0.15) is 22.3 Å². The van der Waals surface area contributed by atoms with E-state index in [2.05, 4.69) is 132 Å². The fraction of sp³-hybridized carbons (Fsp3) is 0.0286. The maximum atomic E-state index is 4.47. The van der Waals surface area contributed by atoms with Gasteiger partial charge in [-0.1, -0.05) is 108 Å². The molecule has 0 saturated carbocycles. The first-order valence-corrected chi connectivity index (χ1v) is 12.9. The van der Waals surface area contributed by atoms with E-state index in [9.17, 15) is 0 Å². The highest BCUT2D eigenvalue weighted by Gasteiger charge is 2.46. The molecule has 7 aromatic rings. The van der Waals surface area contributed by atoms with Gasteiger partial charge in [0.2, 0.25) is 0 Å². The summed E-state index contributed by atoms with van der Waals surface area (Å²) in [6.45, 7) is 0. The Hall–Kier alpha value is -5.02. The van der Waals surface area contributed by atoms with E-state index in [1.165, 1.54) is 44.2 Å². The van der Waals surface area contributed by atoms with Crippen molar-refractivity contribution in [1.29, 1.82) is 0 Å². The van der Waals surface area contributed by atoms with Gasteiger partial charge in [0.05, 0.1) is 16.6 Å². The van der Waals surface area contributed by atoms with E-state index < -0.39 is 5.41 Å². The lowest BCUT2D eigenvalue weighted by Crippen LogP contribution is -2.28. The summed E-state index contributed by atoms with van der Waals surface area (Å²) in [6, 6.07) is 50.1. The van der Waals surface area contributed by atoms with Crippen LogP contribution in [0, 0.1) is 0 Å². The maximum Gasteiger partial charge on any atom is 0.113 e. The summed E-state index contributed by atoms with van der Waals surface area (Å²) in [5.74, 6) is 0. The van der Waals surface area contributed by atoms with Gasteiger partial charge in [0.15, 0.2) is 0 Å². The molecule has 3 heteroatoms. The van der Waals surface area contributed by atoms with Crippen molar-refractivity contribution in [3.63, 3.8) is 0 Å². The summed E-state index contributed by atoms with van der Waals surface area (Å²) in [5, 5.41) is 11.2. The molecule has 0 radical (unpaired) electrons. The molecule has 178 valence electrons. The Morgan fingerprint density at radius 3 is 1.97 bits per heavy atom. The molecule has 8 rings (SSSR count). The van der Waals surface area contributed by atoms with Gasteiger partial charge in [-0.3, -0.25) is 0 Å². The predicted octanol–water partition coefficient (Wildman–Crippen LogP) is 7.94. The first kappa shape index (κ1) is 21.1. The van der Waals surface area contributed by atoms with Crippen LogP contribution in [-0.2, 0) is 5.41 Å². The van der Waals surface area contributed by atoms with E-state index in [0.717, 1.165) is 16.7 Å². The van der Waals surface area contributed by atoms with E-state index in [1.807, 2.05) is 22.9 Å². The summed E-state index contributed by atoms with van der Waals surface area (Å²) in [5.41, 5.74) is 10.3. The molecule has 0 amide bonds. The molecule has 0 bridgehead atoms. The molecule has 0 fully saturated rings. The molecule has 1 aliphatic rings. The first-order chi connectivity index (χ1) is 18.8. The van der Waals surface area contributed by atoms with Crippen LogP contribution in [0.2, 0.25) is 0 Å². The molecule has 38 heavy (non-hydrogen) atoms. The zero-order chi connectivity index (χ0) is 25.1. The average molecular weight is 486 g/mol. The van der Waals surface area contributed by atoms with Gasteiger partial charge in [0.25, 0.3) is 0 Å². The second kappa shape index (κ2) is 7.99. The zero-order valence-corrected chi connectivity index (χ0v) is 20.6. The van der Waals surface area contributed by atoms with E-state index in [0.29, 0.717) is 0 Å². The van der Waals surface area contributed by atoms with Crippen molar-refractivity contribution in [2.24, 2.45) is 0 Å².